The van der Waals surface area contributed by atoms with E-state index in [1.165, 1.54) is 0 Å². The molecule has 0 aliphatic carbocycles. The number of hydrogen-bond acceptors (Lipinski definition) is 5. The molecule has 0 aromatic heterocycles. The number of fused-ring (bicyclic) bond motifs is 1. The molecule has 1 aliphatic rings. The van der Waals surface area contributed by atoms with Crippen molar-refractivity contribution in [1.29, 1.82) is 0 Å². The summed E-state index contributed by atoms with van der Waals surface area (Å²) < 4.78 is 16.7. The lowest BCUT2D eigenvalue weighted by atomic mass is 10.2. The number of ether oxygens (including phenoxy) is 3. The molecule has 8 heteroatoms. The van der Waals surface area contributed by atoms with Crippen LogP contribution in [0.5, 0.6) is 17.2 Å². The largest absolute Gasteiger partial charge is 0.492 e. The number of guanidine groups is 1. The van der Waals surface area contributed by atoms with Crippen molar-refractivity contribution in [1.82, 2.24) is 15.5 Å². The van der Waals surface area contributed by atoms with Crippen molar-refractivity contribution in [3.8, 4) is 17.2 Å². The molecule has 7 nitrogen and oxygen atoms in total. The third kappa shape index (κ3) is 6.97. The summed E-state index contributed by atoms with van der Waals surface area (Å²) in [5, 5.41) is 6.66. The Kier molecular flexibility index (Phi) is 9.33. The van der Waals surface area contributed by atoms with Crippen LogP contribution in [0.2, 0.25) is 0 Å². The number of likely N-dealkylation sites (N-methyl/N-ethyl adjacent to an activating group) is 1. The Hall–Kier alpha value is -2.20. The first-order valence-electron chi connectivity index (χ1n) is 9.34. The molecule has 2 N–H and O–H groups in total. The average molecular weight is 512 g/mol. The molecule has 158 valence electrons. The van der Waals surface area contributed by atoms with Crippen LogP contribution in [0.3, 0.4) is 0 Å². The Bertz CT molecular complexity index is 814. The number of halogens is 1. The number of nitrogens with one attached hydrogen (secondary N) is 2. The van der Waals surface area contributed by atoms with Gasteiger partial charge in [-0.3, -0.25) is 4.99 Å². The van der Waals surface area contributed by atoms with Gasteiger partial charge in [0.2, 0.25) is 6.79 Å². The van der Waals surface area contributed by atoms with Gasteiger partial charge >= 0.3 is 0 Å². The molecular formula is C21H29IN4O3. The van der Waals surface area contributed by atoms with E-state index < -0.39 is 0 Å². The number of para-hydroxylation sites is 1. The van der Waals surface area contributed by atoms with Gasteiger partial charge in [0.15, 0.2) is 17.5 Å². The molecular weight excluding hydrogens is 483 g/mol. The minimum atomic E-state index is 0. The van der Waals surface area contributed by atoms with Gasteiger partial charge in [-0.2, -0.15) is 0 Å². The van der Waals surface area contributed by atoms with Gasteiger partial charge in [-0.1, -0.05) is 24.3 Å². The van der Waals surface area contributed by atoms with E-state index in [1.807, 2.05) is 50.5 Å². The standard InChI is InChI=1S/C21H28N4O3.HI/c1-22-21(23-13-16-8-9-19-20(12-16)28-15-27-19)24-14-17-6-4-5-7-18(17)26-11-10-25(2)3;/h4-9,12H,10-11,13-15H2,1-3H3,(H2,22,23,24);1H. The van der Waals surface area contributed by atoms with Crippen molar-refractivity contribution < 1.29 is 14.2 Å². The predicted molar refractivity (Wildman–Crippen MR) is 126 cm³/mol. The molecule has 0 unspecified atom stereocenters. The molecule has 0 amide bonds. The van der Waals surface area contributed by atoms with Crippen molar-refractivity contribution in [3.63, 3.8) is 0 Å². The van der Waals surface area contributed by atoms with E-state index in [2.05, 4.69) is 26.6 Å². The van der Waals surface area contributed by atoms with Gasteiger partial charge in [-0.25, -0.2) is 0 Å². The highest BCUT2D eigenvalue weighted by Gasteiger charge is 2.13. The Balaban J connectivity index is 0.00000300. The zero-order valence-corrected chi connectivity index (χ0v) is 19.4. The molecule has 2 aromatic carbocycles. The van der Waals surface area contributed by atoms with Crippen LogP contribution >= 0.6 is 24.0 Å². The van der Waals surface area contributed by atoms with Crippen molar-refractivity contribution >= 4 is 29.9 Å². The van der Waals surface area contributed by atoms with Gasteiger partial charge < -0.3 is 29.7 Å². The predicted octanol–water partition coefficient (Wildman–Crippen LogP) is 2.84. The Morgan fingerprint density at radius 3 is 2.62 bits per heavy atom. The lowest BCUT2D eigenvalue weighted by Gasteiger charge is -2.16. The number of aliphatic imine (C=N–C) groups is 1. The summed E-state index contributed by atoms with van der Waals surface area (Å²) in [6, 6.07) is 14.0. The first kappa shape index (κ1) is 23.1. The summed E-state index contributed by atoms with van der Waals surface area (Å²) in [6.45, 7) is 3.07. The Morgan fingerprint density at radius 2 is 1.83 bits per heavy atom. The van der Waals surface area contributed by atoms with Crippen LogP contribution in [0.1, 0.15) is 11.1 Å². The van der Waals surface area contributed by atoms with E-state index in [1.54, 1.807) is 7.05 Å². The maximum absolute atomic E-state index is 5.92. The van der Waals surface area contributed by atoms with Gasteiger partial charge in [-0.15, -0.1) is 24.0 Å². The van der Waals surface area contributed by atoms with E-state index in [4.69, 9.17) is 14.2 Å². The van der Waals surface area contributed by atoms with Crippen LogP contribution in [0.15, 0.2) is 47.5 Å². The highest BCUT2D eigenvalue weighted by molar-refractivity contribution is 14.0. The summed E-state index contributed by atoms with van der Waals surface area (Å²) in [5.41, 5.74) is 2.19. The third-order valence-corrected chi connectivity index (χ3v) is 4.34. The van der Waals surface area contributed by atoms with Crippen LogP contribution in [0, 0.1) is 0 Å². The van der Waals surface area contributed by atoms with Crippen LogP contribution in [0.4, 0.5) is 0 Å². The Labute approximate surface area is 189 Å². The molecule has 0 fully saturated rings. The van der Waals surface area contributed by atoms with Gasteiger partial charge in [0, 0.05) is 32.2 Å². The second-order valence-corrected chi connectivity index (χ2v) is 6.73. The van der Waals surface area contributed by atoms with Crippen LogP contribution < -0.4 is 24.8 Å². The molecule has 0 saturated heterocycles. The van der Waals surface area contributed by atoms with E-state index in [-0.39, 0.29) is 30.8 Å². The first-order valence-corrected chi connectivity index (χ1v) is 9.34. The molecule has 1 heterocycles. The maximum Gasteiger partial charge on any atom is 0.231 e. The molecule has 0 saturated carbocycles. The van der Waals surface area contributed by atoms with Gasteiger partial charge in [0.1, 0.15) is 12.4 Å². The summed E-state index contributed by atoms with van der Waals surface area (Å²) >= 11 is 0. The molecule has 0 radical (unpaired) electrons. The monoisotopic (exact) mass is 512 g/mol. The fourth-order valence-corrected chi connectivity index (χ4v) is 2.77. The molecule has 29 heavy (non-hydrogen) atoms. The molecule has 2 aromatic rings. The van der Waals surface area contributed by atoms with E-state index >= 15 is 0 Å². The summed E-state index contributed by atoms with van der Waals surface area (Å²) in [5.74, 6) is 3.19. The molecule has 0 atom stereocenters. The molecule has 0 spiro atoms. The fourth-order valence-electron chi connectivity index (χ4n) is 2.77. The van der Waals surface area contributed by atoms with E-state index in [9.17, 15) is 0 Å². The maximum atomic E-state index is 5.92. The van der Waals surface area contributed by atoms with Gasteiger partial charge in [-0.05, 0) is 37.9 Å². The third-order valence-electron chi connectivity index (χ3n) is 4.34. The quantitative estimate of drug-likeness (QED) is 0.322. The van der Waals surface area contributed by atoms with Crippen LogP contribution in [-0.4, -0.2) is 51.9 Å². The minimum Gasteiger partial charge on any atom is -0.492 e. The van der Waals surface area contributed by atoms with Crippen LogP contribution in [-0.2, 0) is 13.1 Å². The number of benzene rings is 2. The SMILES string of the molecule is CN=C(NCc1ccc2c(c1)OCO2)NCc1ccccc1OCCN(C)C.I. The average Bonchev–Trinajstić information content (AvgIpc) is 3.16. The van der Waals surface area contributed by atoms with E-state index in [0.717, 1.165) is 40.9 Å². The molecule has 3 rings (SSSR count). The second-order valence-electron chi connectivity index (χ2n) is 6.73. The normalized spacial score (nSPS) is 12.5. The van der Waals surface area contributed by atoms with Crippen molar-refractivity contribution in [2.24, 2.45) is 4.99 Å². The van der Waals surface area contributed by atoms with Crippen LogP contribution in [0.25, 0.3) is 0 Å². The van der Waals surface area contributed by atoms with Gasteiger partial charge in [0.05, 0.1) is 0 Å². The zero-order valence-electron chi connectivity index (χ0n) is 17.1. The number of rotatable bonds is 8. The Morgan fingerprint density at radius 1 is 1.07 bits per heavy atom. The minimum absolute atomic E-state index is 0. The lowest BCUT2D eigenvalue weighted by molar-refractivity contribution is 0.174. The fraction of sp³-hybridized carbons (Fsp3) is 0.381. The second kappa shape index (κ2) is 11.7. The highest BCUT2D eigenvalue weighted by Crippen LogP contribution is 2.32. The van der Waals surface area contributed by atoms with Crippen molar-refractivity contribution in [3.05, 3.63) is 53.6 Å². The number of hydrogen-bond donors (Lipinski definition) is 2. The van der Waals surface area contributed by atoms with Gasteiger partial charge in [0.25, 0.3) is 0 Å². The first-order chi connectivity index (χ1) is 13.7. The summed E-state index contributed by atoms with van der Waals surface area (Å²) in [7, 11) is 5.83. The van der Waals surface area contributed by atoms with Crippen molar-refractivity contribution in [2.45, 2.75) is 13.1 Å². The highest BCUT2D eigenvalue weighted by atomic mass is 127. The summed E-state index contributed by atoms with van der Waals surface area (Å²) in [6.07, 6.45) is 0. The molecule has 0 bridgehead atoms. The number of nitrogens with zero attached hydrogens (tertiary/aromatic N) is 2. The lowest BCUT2D eigenvalue weighted by Crippen LogP contribution is -2.36. The molecule has 1 aliphatic heterocycles. The topological polar surface area (TPSA) is 67.4 Å². The van der Waals surface area contributed by atoms with Crippen molar-refractivity contribution in [2.75, 3.05) is 41.1 Å². The van der Waals surface area contributed by atoms with E-state index in [0.29, 0.717) is 19.7 Å². The summed E-state index contributed by atoms with van der Waals surface area (Å²) in [4.78, 5) is 6.40. The smallest absolute Gasteiger partial charge is 0.231 e. The zero-order chi connectivity index (χ0) is 19.8.